The normalized spacial score (nSPS) is 39.8. The van der Waals surface area contributed by atoms with E-state index in [0.717, 1.165) is 17.8 Å². The molecule has 20 heavy (non-hydrogen) atoms. The maximum absolute atomic E-state index is 12.2. The number of aromatic amines is 1. The molecule has 4 aliphatic carbocycles. The fourth-order valence-electron chi connectivity index (χ4n) is 5.52. The Bertz CT molecular complexity index is 473. The highest BCUT2D eigenvalue weighted by molar-refractivity contribution is 5.92. The van der Waals surface area contributed by atoms with Crippen LogP contribution in [-0.2, 0) is 0 Å². The number of rotatable bonds is 3. The summed E-state index contributed by atoms with van der Waals surface area (Å²) in [6.45, 7) is 2.21. The zero-order chi connectivity index (χ0) is 13.7. The molecule has 4 heteroatoms. The molecule has 0 radical (unpaired) electrons. The van der Waals surface area contributed by atoms with Crippen LogP contribution in [0.2, 0.25) is 0 Å². The summed E-state index contributed by atoms with van der Waals surface area (Å²) in [5, 5.41) is 9.84. The molecule has 1 aromatic heterocycles. The van der Waals surface area contributed by atoms with Crippen molar-refractivity contribution >= 4 is 5.91 Å². The summed E-state index contributed by atoms with van der Waals surface area (Å²) in [5.41, 5.74) is 0.936. The van der Waals surface area contributed by atoms with Crippen LogP contribution < -0.4 is 5.32 Å². The Kier molecular flexibility index (Phi) is 2.69. The molecule has 2 N–H and O–H groups in total. The van der Waals surface area contributed by atoms with Crippen LogP contribution in [0.1, 0.15) is 55.9 Å². The first-order valence-corrected chi connectivity index (χ1v) is 7.95. The van der Waals surface area contributed by atoms with Crippen molar-refractivity contribution in [2.24, 2.45) is 23.2 Å². The number of hydrogen-bond donors (Lipinski definition) is 2. The van der Waals surface area contributed by atoms with E-state index >= 15 is 0 Å². The third-order valence-electron chi connectivity index (χ3n) is 6.10. The molecule has 0 aromatic carbocycles. The maximum Gasteiger partial charge on any atom is 0.269 e. The number of amides is 1. The molecular weight excluding hydrogens is 250 g/mol. The van der Waals surface area contributed by atoms with Gasteiger partial charge in [-0.2, -0.15) is 5.10 Å². The average Bonchev–Trinajstić information content (AvgIpc) is 2.90. The number of nitrogens with one attached hydrogen (secondary N) is 2. The first kappa shape index (κ1) is 12.4. The fraction of sp³-hybridized carbons (Fsp3) is 0.750. The molecule has 1 amide bonds. The minimum Gasteiger partial charge on any atom is -0.348 e. The van der Waals surface area contributed by atoms with Crippen molar-refractivity contribution in [2.75, 3.05) is 0 Å². The topological polar surface area (TPSA) is 57.8 Å². The van der Waals surface area contributed by atoms with Gasteiger partial charge in [0.25, 0.3) is 5.91 Å². The van der Waals surface area contributed by atoms with Crippen LogP contribution in [0.5, 0.6) is 0 Å². The molecule has 1 atom stereocenters. The van der Waals surface area contributed by atoms with Gasteiger partial charge in [0.2, 0.25) is 0 Å². The molecule has 4 aliphatic rings. The molecule has 4 fully saturated rings. The number of aromatic nitrogens is 2. The van der Waals surface area contributed by atoms with E-state index in [4.69, 9.17) is 0 Å². The molecule has 1 unspecified atom stereocenters. The van der Waals surface area contributed by atoms with Gasteiger partial charge in [-0.15, -0.1) is 0 Å². The van der Waals surface area contributed by atoms with Gasteiger partial charge >= 0.3 is 0 Å². The highest BCUT2D eigenvalue weighted by Crippen LogP contribution is 2.61. The lowest BCUT2D eigenvalue weighted by atomic mass is 9.48. The van der Waals surface area contributed by atoms with Crippen molar-refractivity contribution in [1.29, 1.82) is 0 Å². The number of carbonyl (C=O) groups excluding carboxylic acids is 1. The summed E-state index contributed by atoms with van der Waals surface area (Å²) in [6.07, 6.45) is 9.93. The third-order valence-corrected chi connectivity index (χ3v) is 6.10. The van der Waals surface area contributed by atoms with Crippen molar-refractivity contribution in [1.82, 2.24) is 15.5 Å². The van der Waals surface area contributed by atoms with E-state index in [9.17, 15) is 4.79 Å². The van der Waals surface area contributed by atoms with Crippen molar-refractivity contribution < 1.29 is 4.79 Å². The average molecular weight is 273 g/mol. The smallest absolute Gasteiger partial charge is 0.269 e. The second-order valence-electron chi connectivity index (χ2n) is 7.45. The second kappa shape index (κ2) is 4.34. The van der Waals surface area contributed by atoms with Gasteiger partial charge in [0.05, 0.1) is 0 Å². The molecule has 1 heterocycles. The molecule has 4 bridgehead atoms. The van der Waals surface area contributed by atoms with Crippen LogP contribution in [0.4, 0.5) is 0 Å². The lowest BCUT2D eigenvalue weighted by molar-refractivity contribution is -0.0688. The van der Waals surface area contributed by atoms with Crippen LogP contribution in [0.3, 0.4) is 0 Å². The minimum atomic E-state index is -0.00857. The Labute approximate surface area is 119 Å². The summed E-state index contributed by atoms with van der Waals surface area (Å²) in [6, 6.07) is 2.01. The van der Waals surface area contributed by atoms with Gasteiger partial charge in [0.15, 0.2) is 0 Å². The van der Waals surface area contributed by atoms with Crippen LogP contribution >= 0.6 is 0 Å². The van der Waals surface area contributed by atoms with Crippen LogP contribution in [0.25, 0.3) is 0 Å². The Balaban J connectivity index is 1.51. The van der Waals surface area contributed by atoms with Crippen molar-refractivity contribution in [3.05, 3.63) is 18.0 Å². The lowest BCUT2D eigenvalue weighted by Gasteiger charge is -2.59. The summed E-state index contributed by atoms with van der Waals surface area (Å²) in [7, 11) is 0. The number of nitrogens with zero attached hydrogens (tertiary/aromatic N) is 1. The van der Waals surface area contributed by atoms with E-state index in [1.165, 1.54) is 38.5 Å². The molecule has 5 rings (SSSR count). The van der Waals surface area contributed by atoms with Gasteiger partial charge in [-0.3, -0.25) is 9.89 Å². The maximum atomic E-state index is 12.2. The van der Waals surface area contributed by atoms with E-state index in [2.05, 4.69) is 22.4 Å². The standard InChI is InChI=1S/C16H23N3O/c1-10(18-15(20)14-2-3-17-19-14)16-7-11-4-12(8-16)6-13(5-11)9-16/h2-3,10-13H,4-9H2,1H3,(H,17,19)(H,18,20). The summed E-state index contributed by atoms with van der Waals surface area (Å²) >= 11 is 0. The minimum absolute atomic E-state index is 0.00857. The number of hydrogen-bond acceptors (Lipinski definition) is 2. The van der Waals surface area contributed by atoms with Gasteiger partial charge in [0, 0.05) is 12.2 Å². The summed E-state index contributed by atoms with van der Waals surface area (Å²) in [4.78, 5) is 12.2. The zero-order valence-electron chi connectivity index (χ0n) is 12.1. The van der Waals surface area contributed by atoms with E-state index < -0.39 is 0 Å². The Morgan fingerprint density at radius 2 is 1.90 bits per heavy atom. The quantitative estimate of drug-likeness (QED) is 0.889. The van der Waals surface area contributed by atoms with Crippen molar-refractivity contribution in [3.63, 3.8) is 0 Å². The fourth-order valence-corrected chi connectivity index (χ4v) is 5.52. The first-order chi connectivity index (χ1) is 9.64. The van der Waals surface area contributed by atoms with Crippen molar-refractivity contribution in [3.8, 4) is 0 Å². The molecule has 0 spiro atoms. The first-order valence-electron chi connectivity index (χ1n) is 7.95. The van der Waals surface area contributed by atoms with Gasteiger partial charge in [-0.25, -0.2) is 0 Å². The number of carbonyl (C=O) groups is 1. The third kappa shape index (κ3) is 1.88. The van der Waals surface area contributed by atoms with Crippen LogP contribution in [0.15, 0.2) is 12.3 Å². The van der Waals surface area contributed by atoms with Crippen LogP contribution in [-0.4, -0.2) is 22.1 Å². The predicted molar refractivity (Wildman–Crippen MR) is 76.1 cm³/mol. The van der Waals surface area contributed by atoms with Gasteiger partial charge in [-0.1, -0.05) is 0 Å². The van der Waals surface area contributed by atoms with Gasteiger partial charge in [0.1, 0.15) is 5.69 Å². The summed E-state index contributed by atoms with van der Waals surface area (Å²) < 4.78 is 0. The van der Waals surface area contributed by atoms with E-state index in [0.29, 0.717) is 11.1 Å². The van der Waals surface area contributed by atoms with Crippen LogP contribution in [0, 0.1) is 23.2 Å². The SMILES string of the molecule is CC(NC(=O)c1ccn[nH]1)C12CC3CC(CC(C3)C1)C2. The largest absolute Gasteiger partial charge is 0.348 e. The Hall–Kier alpha value is -1.32. The molecular formula is C16H23N3O. The molecule has 1 aromatic rings. The lowest BCUT2D eigenvalue weighted by Crippen LogP contribution is -2.55. The van der Waals surface area contributed by atoms with E-state index in [1.807, 2.05) is 0 Å². The highest BCUT2D eigenvalue weighted by Gasteiger charge is 2.53. The van der Waals surface area contributed by atoms with E-state index in [-0.39, 0.29) is 11.9 Å². The van der Waals surface area contributed by atoms with Gasteiger partial charge in [-0.05, 0) is 74.7 Å². The molecule has 4 nitrogen and oxygen atoms in total. The molecule has 108 valence electrons. The van der Waals surface area contributed by atoms with E-state index in [1.54, 1.807) is 12.3 Å². The summed E-state index contributed by atoms with van der Waals surface area (Å²) in [5.74, 6) is 2.76. The zero-order valence-corrected chi connectivity index (χ0v) is 12.1. The Morgan fingerprint density at radius 1 is 1.30 bits per heavy atom. The molecule has 0 aliphatic heterocycles. The monoisotopic (exact) mass is 273 g/mol. The van der Waals surface area contributed by atoms with Crippen molar-refractivity contribution in [2.45, 2.75) is 51.5 Å². The van der Waals surface area contributed by atoms with Gasteiger partial charge < -0.3 is 5.32 Å². The molecule has 0 saturated heterocycles. The number of H-pyrrole nitrogens is 1. The Morgan fingerprint density at radius 3 is 2.40 bits per heavy atom. The second-order valence-corrected chi connectivity index (χ2v) is 7.45. The highest BCUT2D eigenvalue weighted by atomic mass is 16.2. The molecule has 4 saturated carbocycles. The predicted octanol–water partition coefficient (Wildman–Crippen LogP) is 2.74.